The van der Waals surface area contributed by atoms with Crippen molar-refractivity contribution in [3.05, 3.63) is 18.0 Å². The molecule has 0 saturated heterocycles. The highest BCUT2D eigenvalue weighted by Gasteiger charge is 2.20. The molecule has 20 heavy (non-hydrogen) atoms. The Morgan fingerprint density at radius 1 is 1.35 bits per heavy atom. The molecule has 0 saturated carbocycles. The van der Waals surface area contributed by atoms with E-state index in [0.29, 0.717) is 26.4 Å². The number of nitrogens with two attached hydrogens (primary N) is 1. The molecule has 2 N–H and O–H groups in total. The summed E-state index contributed by atoms with van der Waals surface area (Å²) >= 11 is 0. The molecule has 3 rings (SSSR count). The standard InChI is InChI=1S/C14H19N3O3/c1-9(7-15)17-11-6-13-12(19-3-4-20-13)5-10(11)16-14(17)8-18-2/h5-6,9H,3-4,7-8,15H2,1-2H3. The Labute approximate surface area is 117 Å². The van der Waals surface area contributed by atoms with E-state index in [2.05, 4.69) is 16.5 Å². The van der Waals surface area contributed by atoms with Gasteiger partial charge in [0, 0.05) is 31.8 Å². The Bertz CT molecular complexity index is 624. The summed E-state index contributed by atoms with van der Waals surface area (Å²) < 4.78 is 18.6. The Morgan fingerprint density at radius 3 is 2.70 bits per heavy atom. The fourth-order valence-electron chi connectivity index (χ4n) is 2.51. The first-order valence-corrected chi connectivity index (χ1v) is 6.74. The number of fused-ring (bicyclic) bond motifs is 2. The number of hydrogen-bond donors (Lipinski definition) is 1. The molecule has 1 unspecified atom stereocenters. The van der Waals surface area contributed by atoms with Crippen LogP contribution in [0, 0.1) is 0 Å². The Hall–Kier alpha value is -1.79. The van der Waals surface area contributed by atoms with Crippen LogP contribution in [0.25, 0.3) is 11.0 Å². The first kappa shape index (κ1) is 13.2. The van der Waals surface area contributed by atoms with Gasteiger partial charge in [0.25, 0.3) is 0 Å². The lowest BCUT2D eigenvalue weighted by molar-refractivity contribution is 0.172. The third-order valence-electron chi connectivity index (χ3n) is 3.48. The van der Waals surface area contributed by atoms with Gasteiger partial charge in [-0.15, -0.1) is 0 Å². The van der Waals surface area contributed by atoms with Crippen molar-refractivity contribution in [2.75, 3.05) is 26.9 Å². The zero-order valence-corrected chi connectivity index (χ0v) is 11.8. The molecule has 2 heterocycles. The summed E-state index contributed by atoms with van der Waals surface area (Å²) in [5.41, 5.74) is 7.69. The normalized spacial score (nSPS) is 15.6. The molecule has 1 aliphatic rings. The zero-order valence-electron chi connectivity index (χ0n) is 11.8. The van der Waals surface area contributed by atoms with Crippen LogP contribution in [-0.2, 0) is 11.3 Å². The first-order valence-electron chi connectivity index (χ1n) is 6.74. The highest BCUT2D eigenvalue weighted by atomic mass is 16.6. The first-order chi connectivity index (χ1) is 9.74. The van der Waals surface area contributed by atoms with Gasteiger partial charge in [-0.25, -0.2) is 4.98 Å². The Kier molecular flexibility index (Phi) is 3.50. The van der Waals surface area contributed by atoms with E-state index in [0.717, 1.165) is 28.4 Å². The van der Waals surface area contributed by atoms with Gasteiger partial charge in [0.2, 0.25) is 0 Å². The second-order valence-corrected chi connectivity index (χ2v) is 4.90. The topological polar surface area (TPSA) is 71.5 Å². The molecule has 0 bridgehead atoms. The number of hydrogen-bond acceptors (Lipinski definition) is 5. The zero-order chi connectivity index (χ0) is 14.1. The number of aromatic nitrogens is 2. The van der Waals surface area contributed by atoms with Gasteiger partial charge in [0.15, 0.2) is 11.5 Å². The number of imidazole rings is 1. The molecule has 1 aliphatic heterocycles. The van der Waals surface area contributed by atoms with E-state index in [1.807, 2.05) is 12.1 Å². The van der Waals surface area contributed by atoms with Crippen molar-refractivity contribution in [1.29, 1.82) is 0 Å². The van der Waals surface area contributed by atoms with Gasteiger partial charge in [-0.2, -0.15) is 0 Å². The summed E-state index contributed by atoms with van der Waals surface area (Å²) in [6.45, 7) is 4.20. The average molecular weight is 277 g/mol. The maximum Gasteiger partial charge on any atom is 0.163 e. The lowest BCUT2D eigenvalue weighted by Gasteiger charge is -2.19. The van der Waals surface area contributed by atoms with Gasteiger partial charge in [-0.05, 0) is 6.92 Å². The third-order valence-corrected chi connectivity index (χ3v) is 3.48. The van der Waals surface area contributed by atoms with Gasteiger partial charge >= 0.3 is 0 Å². The number of ether oxygens (including phenoxy) is 3. The van der Waals surface area contributed by atoms with Crippen LogP contribution < -0.4 is 15.2 Å². The van der Waals surface area contributed by atoms with Crippen molar-refractivity contribution in [2.24, 2.45) is 5.73 Å². The largest absolute Gasteiger partial charge is 0.486 e. The number of benzene rings is 1. The number of methoxy groups -OCH3 is 1. The molecule has 0 aliphatic carbocycles. The van der Waals surface area contributed by atoms with Gasteiger partial charge in [-0.3, -0.25) is 0 Å². The van der Waals surface area contributed by atoms with Crippen LogP contribution in [0.15, 0.2) is 12.1 Å². The molecule has 1 atom stereocenters. The van der Waals surface area contributed by atoms with Crippen LogP contribution in [0.5, 0.6) is 11.5 Å². The van der Waals surface area contributed by atoms with Crippen molar-refractivity contribution < 1.29 is 14.2 Å². The van der Waals surface area contributed by atoms with Crippen molar-refractivity contribution in [3.63, 3.8) is 0 Å². The second-order valence-electron chi connectivity index (χ2n) is 4.90. The summed E-state index contributed by atoms with van der Waals surface area (Å²) in [6, 6.07) is 4.04. The third kappa shape index (κ3) is 2.10. The summed E-state index contributed by atoms with van der Waals surface area (Å²) in [4.78, 5) is 4.63. The molecule has 2 aromatic rings. The van der Waals surface area contributed by atoms with E-state index in [9.17, 15) is 0 Å². The molecule has 6 nitrogen and oxygen atoms in total. The fraction of sp³-hybridized carbons (Fsp3) is 0.500. The van der Waals surface area contributed by atoms with E-state index >= 15 is 0 Å². The summed E-state index contributed by atoms with van der Waals surface area (Å²) in [6.07, 6.45) is 0. The maximum atomic E-state index is 5.81. The van der Waals surface area contributed by atoms with Crippen LogP contribution in [-0.4, -0.2) is 36.4 Å². The van der Waals surface area contributed by atoms with E-state index in [-0.39, 0.29) is 6.04 Å². The summed E-state index contributed by atoms with van der Waals surface area (Å²) in [5, 5.41) is 0. The van der Waals surface area contributed by atoms with Crippen LogP contribution in [0.1, 0.15) is 18.8 Å². The Balaban J connectivity index is 2.18. The monoisotopic (exact) mass is 277 g/mol. The quantitative estimate of drug-likeness (QED) is 0.916. The molecule has 0 amide bonds. The van der Waals surface area contributed by atoms with E-state index in [1.54, 1.807) is 7.11 Å². The fourth-order valence-corrected chi connectivity index (χ4v) is 2.51. The molecule has 0 radical (unpaired) electrons. The van der Waals surface area contributed by atoms with Gasteiger partial charge < -0.3 is 24.5 Å². The molecule has 1 aromatic heterocycles. The molecular formula is C14H19N3O3. The van der Waals surface area contributed by atoms with Gasteiger partial charge in [0.1, 0.15) is 25.6 Å². The van der Waals surface area contributed by atoms with Gasteiger partial charge in [-0.1, -0.05) is 0 Å². The molecule has 6 heteroatoms. The van der Waals surface area contributed by atoms with Crippen molar-refractivity contribution >= 4 is 11.0 Å². The SMILES string of the molecule is COCc1nc2cc3c(cc2n1C(C)CN)OCCO3. The molecule has 0 fully saturated rings. The minimum atomic E-state index is 0.146. The number of nitrogens with zero attached hydrogens (tertiary/aromatic N) is 2. The average Bonchev–Trinajstić information content (AvgIpc) is 2.81. The summed E-state index contributed by atoms with van der Waals surface area (Å²) in [7, 11) is 1.66. The molecule has 1 aromatic carbocycles. The van der Waals surface area contributed by atoms with E-state index < -0.39 is 0 Å². The van der Waals surface area contributed by atoms with Gasteiger partial charge in [0.05, 0.1) is 11.0 Å². The van der Waals surface area contributed by atoms with E-state index in [4.69, 9.17) is 19.9 Å². The van der Waals surface area contributed by atoms with Crippen molar-refractivity contribution in [2.45, 2.75) is 19.6 Å². The smallest absolute Gasteiger partial charge is 0.163 e. The molecule has 0 spiro atoms. The predicted octanol–water partition coefficient (Wildman–Crippen LogP) is 1.47. The second kappa shape index (κ2) is 5.30. The van der Waals surface area contributed by atoms with E-state index in [1.165, 1.54) is 0 Å². The van der Waals surface area contributed by atoms with Crippen LogP contribution in [0.3, 0.4) is 0 Å². The predicted molar refractivity (Wildman–Crippen MR) is 75.2 cm³/mol. The van der Waals surface area contributed by atoms with Crippen molar-refractivity contribution in [1.82, 2.24) is 9.55 Å². The number of rotatable bonds is 4. The maximum absolute atomic E-state index is 5.81. The minimum Gasteiger partial charge on any atom is -0.486 e. The lowest BCUT2D eigenvalue weighted by atomic mass is 10.2. The van der Waals surface area contributed by atoms with Crippen molar-refractivity contribution in [3.8, 4) is 11.5 Å². The Morgan fingerprint density at radius 2 is 2.05 bits per heavy atom. The molecule has 108 valence electrons. The lowest BCUT2D eigenvalue weighted by Crippen LogP contribution is -2.19. The van der Waals surface area contributed by atoms with Crippen LogP contribution in [0.2, 0.25) is 0 Å². The van der Waals surface area contributed by atoms with Crippen LogP contribution >= 0.6 is 0 Å². The van der Waals surface area contributed by atoms with Crippen LogP contribution in [0.4, 0.5) is 0 Å². The minimum absolute atomic E-state index is 0.146. The highest BCUT2D eigenvalue weighted by Crippen LogP contribution is 2.35. The molecular weight excluding hydrogens is 258 g/mol. The highest BCUT2D eigenvalue weighted by molar-refractivity contribution is 5.81. The summed E-state index contributed by atoms with van der Waals surface area (Å²) in [5.74, 6) is 2.37.